The summed E-state index contributed by atoms with van der Waals surface area (Å²) >= 11 is 0. The predicted molar refractivity (Wildman–Crippen MR) is 73.3 cm³/mol. The third kappa shape index (κ3) is 11.7. The zero-order chi connectivity index (χ0) is 15.3. The van der Waals surface area contributed by atoms with Gasteiger partial charge in [-0.25, -0.2) is 4.79 Å². The zero-order valence-corrected chi connectivity index (χ0v) is 12.8. The van der Waals surface area contributed by atoms with Crippen LogP contribution in [0.25, 0.3) is 0 Å². The summed E-state index contributed by atoms with van der Waals surface area (Å²) in [7, 11) is -4.20. The van der Waals surface area contributed by atoms with E-state index in [0.717, 1.165) is 0 Å². The van der Waals surface area contributed by atoms with E-state index in [-0.39, 0.29) is 5.92 Å². The largest absolute Gasteiger partial charge is 0.444 e. The fourth-order valence-corrected chi connectivity index (χ4v) is 1.73. The molecule has 0 aromatic carbocycles. The highest BCUT2D eigenvalue weighted by Gasteiger charge is 2.19. The maximum Gasteiger partial charge on any atom is 0.408 e. The molecule has 1 amide bonds. The zero-order valence-electron chi connectivity index (χ0n) is 12.0. The van der Waals surface area contributed by atoms with Crippen LogP contribution in [0.5, 0.6) is 0 Å². The lowest BCUT2D eigenvalue weighted by Gasteiger charge is -2.23. The molecule has 0 saturated heterocycles. The lowest BCUT2D eigenvalue weighted by Crippen LogP contribution is -2.38. The number of hydrogen-bond donors (Lipinski definition) is 2. The molecule has 0 radical (unpaired) electrons. The lowest BCUT2D eigenvalue weighted by atomic mass is 10.0. The maximum absolute atomic E-state index is 11.6. The Labute approximate surface area is 115 Å². The molecule has 0 aliphatic carbocycles. The maximum atomic E-state index is 11.6. The number of hydrogen-bond acceptors (Lipinski definition) is 4. The Morgan fingerprint density at radius 3 is 2.26 bits per heavy atom. The van der Waals surface area contributed by atoms with Crippen LogP contribution >= 0.6 is 0 Å². The summed E-state index contributed by atoms with van der Waals surface area (Å²) in [6.07, 6.45) is 1.14. The molecule has 0 fully saturated rings. The van der Waals surface area contributed by atoms with Crippen LogP contribution in [0.3, 0.4) is 0 Å². The molecular formula is C12H23NO5S. The highest BCUT2D eigenvalue weighted by atomic mass is 32.2. The molecule has 0 spiro atoms. The predicted octanol–water partition coefficient (Wildman–Crippen LogP) is 2.33. The third-order valence-electron chi connectivity index (χ3n) is 1.91. The summed E-state index contributed by atoms with van der Waals surface area (Å²) in [6, 6.07) is -0.517. The van der Waals surface area contributed by atoms with E-state index < -0.39 is 27.9 Å². The van der Waals surface area contributed by atoms with Crippen molar-refractivity contribution in [1.29, 1.82) is 0 Å². The van der Waals surface area contributed by atoms with Crippen molar-refractivity contribution < 1.29 is 22.5 Å². The van der Waals surface area contributed by atoms with Crippen LogP contribution < -0.4 is 5.32 Å². The minimum absolute atomic E-state index is 0.242. The first-order chi connectivity index (χ1) is 8.39. The smallest absolute Gasteiger partial charge is 0.408 e. The van der Waals surface area contributed by atoms with Crippen LogP contribution in [0.2, 0.25) is 0 Å². The van der Waals surface area contributed by atoms with E-state index in [0.29, 0.717) is 11.8 Å². The van der Waals surface area contributed by atoms with Gasteiger partial charge in [0.1, 0.15) is 5.60 Å². The molecule has 0 aromatic heterocycles. The molecule has 112 valence electrons. The SMILES string of the molecule is CC(C)C[C@@H](/C=C/S(=O)(=O)O)NC(=O)OC(C)(C)C. The third-order valence-corrected chi connectivity index (χ3v) is 2.41. The van der Waals surface area contributed by atoms with Gasteiger partial charge < -0.3 is 10.1 Å². The molecule has 1 atom stereocenters. The molecule has 7 heteroatoms. The van der Waals surface area contributed by atoms with Crippen molar-refractivity contribution in [2.45, 2.75) is 52.7 Å². The summed E-state index contributed by atoms with van der Waals surface area (Å²) in [5.74, 6) is 0.242. The summed E-state index contributed by atoms with van der Waals surface area (Å²) < 4.78 is 35.1. The van der Waals surface area contributed by atoms with Crippen LogP contribution in [-0.2, 0) is 14.9 Å². The molecule has 0 rings (SSSR count). The van der Waals surface area contributed by atoms with E-state index in [4.69, 9.17) is 9.29 Å². The number of rotatable bonds is 5. The average Bonchev–Trinajstić information content (AvgIpc) is 2.08. The first-order valence-electron chi connectivity index (χ1n) is 6.04. The first kappa shape index (κ1) is 17.9. The first-order valence-corrected chi connectivity index (χ1v) is 7.54. The van der Waals surface area contributed by atoms with Crippen LogP contribution in [0.4, 0.5) is 4.79 Å². The van der Waals surface area contributed by atoms with Gasteiger partial charge in [0.25, 0.3) is 10.1 Å². The summed E-state index contributed by atoms with van der Waals surface area (Å²) in [5.41, 5.74) is -0.626. The average molecular weight is 293 g/mol. The van der Waals surface area contributed by atoms with Crippen LogP contribution in [0, 0.1) is 5.92 Å². The van der Waals surface area contributed by atoms with E-state index in [9.17, 15) is 13.2 Å². The Balaban J connectivity index is 4.69. The highest BCUT2D eigenvalue weighted by Crippen LogP contribution is 2.10. The lowest BCUT2D eigenvalue weighted by molar-refractivity contribution is 0.0510. The van der Waals surface area contributed by atoms with E-state index in [1.165, 1.54) is 6.08 Å². The standard InChI is InChI=1S/C12H23NO5S/c1-9(2)8-10(6-7-19(15,16)17)13-11(14)18-12(3,4)5/h6-7,9-10H,8H2,1-5H3,(H,13,14)(H,15,16,17)/b7-6+/t10-/m1/s1. The molecule has 2 N–H and O–H groups in total. The number of ether oxygens (including phenoxy) is 1. The normalized spacial score (nSPS) is 14.7. The summed E-state index contributed by atoms with van der Waals surface area (Å²) in [4.78, 5) is 11.6. The molecule has 0 aliphatic rings. The minimum atomic E-state index is -4.20. The van der Waals surface area contributed by atoms with Crippen LogP contribution in [0.1, 0.15) is 41.0 Å². The van der Waals surface area contributed by atoms with Gasteiger partial charge in [0.15, 0.2) is 0 Å². The highest BCUT2D eigenvalue weighted by molar-refractivity contribution is 7.88. The van der Waals surface area contributed by atoms with Crippen molar-refractivity contribution in [1.82, 2.24) is 5.32 Å². The van der Waals surface area contributed by atoms with E-state index in [1.807, 2.05) is 13.8 Å². The van der Waals surface area contributed by atoms with Crippen molar-refractivity contribution in [3.8, 4) is 0 Å². The fourth-order valence-electron chi connectivity index (χ4n) is 1.35. The van der Waals surface area contributed by atoms with Gasteiger partial charge in [-0.1, -0.05) is 13.8 Å². The van der Waals surface area contributed by atoms with Crippen molar-refractivity contribution >= 4 is 16.2 Å². The Morgan fingerprint density at radius 2 is 1.89 bits per heavy atom. The molecule has 6 nitrogen and oxygen atoms in total. The molecular weight excluding hydrogens is 270 g/mol. The van der Waals surface area contributed by atoms with Crippen LogP contribution in [-0.4, -0.2) is 30.7 Å². The summed E-state index contributed by atoms with van der Waals surface area (Å²) in [6.45, 7) is 9.07. The monoisotopic (exact) mass is 293 g/mol. The Bertz CT molecular complexity index is 420. The van der Waals surface area contributed by atoms with Gasteiger partial charge in [0.05, 0.1) is 11.4 Å². The Hall–Kier alpha value is -1.08. The van der Waals surface area contributed by atoms with Gasteiger partial charge in [0.2, 0.25) is 0 Å². The van der Waals surface area contributed by atoms with Crippen LogP contribution in [0.15, 0.2) is 11.5 Å². The van der Waals surface area contributed by atoms with Gasteiger partial charge in [-0.05, 0) is 39.2 Å². The number of nitrogens with one attached hydrogen (secondary N) is 1. The number of amides is 1. The Morgan fingerprint density at radius 1 is 1.37 bits per heavy atom. The van der Waals surface area contributed by atoms with E-state index in [1.54, 1.807) is 20.8 Å². The second-order valence-electron chi connectivity index (χ2n) is 5.73. The van der Waals surface area contributed by atoms with E-state index >= 15 is 0 Å². The molecule has 0 aromatic rings. The molecule has 19 heavy (non-hydrogen) atoms. The second-order valence-corrected chi connectivity index (χ2v) is 7.03. The van der Waals surface area contributed by atoms with Crippen molar-refractivity contribution in [2.75, 3.05) is 0 Å². The number of carbonyl (C=O) groups is 1. The molecule has 0 saturated carbocycles. The van der Waals surface area contributed by atoms with Gasteiger partial charge in [-0.2, -0.15) is 8.42 Å². The van der Waals surface area contributed by atoms with Crippen molar-refractivity contribution in [2.24, 2.45) is 5.92 Å². The molecule has 0 unspecified atom stereocenters. The Kier molecular flexibility index (Phi) is 6.51. The van der Waals surface area contributed by atoms with Crippen molar-refractivity contribution in [3.63, 3.8) is 0 Å². The number of carbonyl (C=O) groups excluding carboxylic acids is 1. The van der Waals surface area contributed by atoms with Gasteiger partial charge in [-0.15, -0.1) is 0 Å². The van der Waals surface area contributed by atoms with Gasteiger partial charge in [0, 0.05) is 0 Å². The quantitative estimate of drug-likeness (QED) is 0.759. The topological polar surface area (TPSA) is 92.7 Å². The van der Waals surface area contributed by atoms with Gasteiger partial charge >= 0.3 is 6.09 Å². The van der Waals surface area contributed by atoms with Gasteiger partial charge in [-0.3, -0.25) is 4.55 Å². The second kappa shape index (κ2) is 6.91. The molecule has 0 aliphatic heterocycles. The summed E-state index contributed by atoms with van der Waals surface area (Å²) in [5, 5.41) is 3.22. The minimum Gasteiger partial charge on any atom is -0.444 e. The molecule has 0 bridgehead atoms. The number of alkyl carbamates (subject to hydrolysis) is 1. The fraction of sp³-hybridized carbons (Fsp3) is 0.750. The van der Waals surface area contributed by atoms with E-state index in [2.05, 4.69) is 5.32 Å². The molecule has 0 heterocycles. The van der Waals surface area contributed by atoms with Crippen molar-refractivity contribution in [3.05, 3.63) is 11.5 Å².